The van der Waals surface area contributed by atoms with Crippen LogP contribution in [0, 0.1) is 25.2 Å². The molecule has 0 saturated carbocycles. The zero-order valence-electron chi connectivity index (χ0n) is 19.3. The molecule has 0 aliphatic heterocycles. The third-order valence-corrected chi connectivity index (χ3v) is 6.68. The van der Waals surface area contributed by atoms with Gasteiger partial charge in [-0.05, 0) is 50.1 Å². The molecule has 0 fully saturated rings. The van der Waals surface area contributed by atoms with Crippen molar-refractivity contribution in [3.8, 4) is 11.8 Å². The third kappa shape index (κ3) is 4.35. The summed E-state index contributed by atoms with van der Waals surface area (Å²) in [5.41, 5.74) is 3.51. The first-order valence-electron chi connectivity index (χ1n) is 11.1. The summed E-state index contributed by atoms with van der Waals surface area (Å²) in [4.78, 5) is 30.6. The number of nitrogens with one attached hydrogen (secondary N) is 1. The van der Waals surface area contributed by atoms with E-state index in [-0.39, 0.29) is 17.2 Å². The van der Waals surface area contributed by atoms with Crippen molar-refractivity contribution >= 4 is 34.4 Å². The van der Waals surface area contributed by atoms with Crippen LogP contribution in [0.1, 0.15) is 30.2 Å². The maximum atomic E-state index is 13.0. The number of anilines is 1. The van der Waals surface area contributed by atoms with E-state index in [4.69, 9.17) is 0 Å². The second kappa shape index (κ2) is 9.98. The number of benzene rings is 2. The fraction of sp³-hybridized carbons (Fsp3) is 0.231. The summed E-state index contributed by atoms with van der Waals surface area (Å²) in [6, 6.07) is 19.1. The third-order valence-electron chi connectivity index (χ3n) is 5.70. The van der Waals surface area contributed by atoms with Crippen LogP contribution in [0.2, 0.25) is 0 Å². The predicted molar refractivity (Wildman–Crippen MR) is 136 cm³/mol. The summed E-state index contributed by atoms with van der Waals surface area (Å²) in [6.07, 6.45) is 0.772. The van der Waals surface area contributed by atoms with Gasteiger partial charge in [-0.3, -0.25) is 18.7 Å². The van der Waals surface area contributed by atoms with Crippen LogP contribution in [-0.2, 0) is 11.3 Å². The van der Waals surface area contributed by atoms with Crippen LogP contribution in [0.25, 0.3) is 16.6 Å². The van der Waals surface area contributed by atoms with Crippen molar-refractivity contribution in [1.82, 2.24) is 14.1 Å². The fourth-order valence-corrected chi connectivity index (χ4v) is 4.76. The van der Waals surface area contributed by atoms with E-state index in [0.29, 0.717) is 34.0 Å². The summed E-state index contributed by atoms with van der Waals surface area (Å²) in [5.74, 6) is 0.227. The van der Waals surface area contributed by atoms with E-state index in [2.05, 4.69) is 16.4 Å². The van der Waals surface area contributed by atoms with Gasteiger partial charge in [-0.2, -0.15) is 5.26 Å². The van der Waals surface area contributed by atoms with E-state index in [9.17, 15) is 14.9 Å². The summed E-state index contributed by atoms with van der Waals surface area (Å²) >= 11 is 1.22. The lowest BCUT2D eigenvalue weighted by Gasteiger charge is -2.14. The number of thioether (sulfide) groups is 1. The summed E-state index contributed by atoms with van der Waals surface area (Å²) < 4.78 is 3.51. The highest BCUT2D eigenvalue weighted by molar-refractivity contribution is 7.99. The van der Waals surface area contributed by atoms with Gasteiger partial charge in [0.05, 0.1) is 22.2 Å². The highest BCUT2D eigenvalue weighted by Gasteiger charge is 2.21. The van der Waals surface area contributed by atoms with Crippen molar-refractivity contribution in [3.05, 3.63) is 81.8 Å². The molecule has 0 aliphatic rings. The first-order valence-corrected chi connectivity index (χ1v) is 12.0. The zero-order valence-corrected chi connectivity index (χ0v) is 20.1. The first-order chi connectivity index (χ1) is 16.5. The Balaban J connectivity index is 1.63. The molecule has 34 heavy (non-hydrogen) atoms. The molecular formula is C26H25N5O2S. The monoisotopic (exact) mass is 471 g/mol. The molecule has 7 nitrogen and oxygen atoms in total. The molecule has 0 spiro atoms. The van der Waals surface area contributed by atoms with Crippen molar-refractivity contribution in [3.63, 3.8) is 0 Å². The van der Waals surface area contributed by atoms with E-state index in [1.807, 2.05) is 67.8 Å². The molecule has 0 atom stereocenters. The summed E-state index contributed by atoms with van der Waals surface area (Å²) in [7, 11) is 0. The smallest absolute Gasteiger partial charge is 0.262 e. The van der Waals surface area contributed by atoms with Crippen LogP contribution in [0.15, 0.2) is 64.5 Å². The number of aromatic nitrogens is 3. The van der Waals surface area contributed by atoms with Crippen molar-refractivity contribution in [2.24, 2.45) is 0 Å². The highest BCUT2D eigenvalue weighted by atomic mass is 32.2. The van der Waals surface area contributed by atoms with Crippen molar-refractivity contribution < 1.29 is 4.79 Å². The number of carbonyl (C=O) groups is 1. The van der Waals surface area contributed by atoms with Crippen molar-refractivity contribution in [2.45, 2.75) is 38.9 Å². The van der Waals surface area contributed by atoms with E-state index < -0.39 is 0 Å². The molecule has 1 N–H and O–H groups in total. The zero-order chi connectivity index (χ0) is 24.2. The maximum Gasteiger partial charge on any atom is 0.262 e. The van der Waals surface area contributed by atoms with Crippen LogP contribution >= 0.6 is 11.8 Å². The molecule has 0 aliphatic carbocycles. The van der Waals surface area contributed by atoms with Gasteiger partial charge in [-0.25, -0.2) is 4.98 Å². The quantitative estimate of drug-likeness (QED) is 0.308. The minimum atomic E-state index is -0.276. The molecule has 0 unspecified atom stereocenters. The van der Waals surface area contributed by atoms with E-state index in [1.54, 1.807) is 16.7 Å². The average Bonchev–Trinajstić information content (AvgIpc) is 3.09. The standard InChI is InChI=1S/C26H25N5O2S/c1-4-14-30-25(33)20-12-8-9-13-22(20)28-26(30)34-16-23(32)29-24-21(15-27)17(2)18(3)31(24)19-10-6-5-7-11-19/h5-13H,4,14,16H2,1-3H3,(H,29,32). The molecule has 4 rings (SSSR count). The summed E-state index contributed by atoms with van der Waals surface area (Å²) in [5, 5.41) is 13.8. The Morgan fingerprint density at radius 3 is 2.53 bits per heavy atom. The lowest BCUT2D eigenvalue weighted by Crippen LogP contribution is -2.24. The molecule has 2 aromatic carbocycles. The van der Waals surface area contributed by atoms with E-state index in [0.717, 1.165) is 23.4 Å². The predicted octanol–water partition coefficient (Wildman–Crippen LogP) is 4.82. The number of carbonyl (C=O) groups excluding carboxylic acids is 1. The first kappa shape index (κ1) is 23.3. The van der Waals surface area contributed by atoms with Gasteiger partial charge in [-0.1, -0.05) is 49.0 Å². The number of hydrogen-bond donors (Lipinski definition) is 1. The second-order valence-electron chi connectivity index (χ2n) is 7.92. The molecule has 2 aromatic heterocycles. The fourth-order valence-electron chi connectivity index (χ4n) is 3.94. The Bertz CT molecular complexity index is 1460. The van der Waals surface area contributed by atoms with Gasteiger partial charge >= 0.3 is 0 Å². The Kier molecular flexibility index (Phi) is 6.85. The SMILES string of the molecule is CCCn1c(SCC(=O)Nc2c(C#N)c(C)c(C)n2-c2ccccc2)nc2ccccc2c1=O. The molecule has 2 heterocycles. The number of fused-ring (bicyclic) bond motifs is 1. The molecular weight excluding hydrogens is 446 g/mol. The van der Waals surface area contributed by atoms with E-state index in [1.165, 1.54) is 11.8 Å². The minimum Gasteiger partial charge on any atom is -0.310 e. The molecule has 0 radical (unpaired) electrons. The number of nitriles is 1. The average molecular weight is 472 g/mol. The lowest BCUT2D eigenvalue weighted by atomic mass is 10.2. The second-order valence-corrected chi connectivity index (χ2v) is 8.86. The molecule has 172 valence electrons. The highest BCUT2D eigenvalue weighted by Crippen LogP contribution is 2.30. The topological polar surface area (TPSA) is 92.7 Å². The van der Waals surface area contributed by atoms with Gasteiger partial charge in [0, 0.05) is 17.9 Å². The number of para-hydroxylation sites is 2. The molecule has 0 bridgehead atoms. The van der Waals surface area contributed by atoms with Crippen molar-refractivity contribution in [1.29, 1.82) is 5.26 Å². The number of hydrogen-bond acceptors (Lipinski definition) is 5. The van der Waals surface area contributed by atoms with E-state index >= 15 is 0 Å². The van der Waals surface area contributed by atoms with Crippen LogP contribution in [-0.4, -0.2) is 25.8 Å². The van der Waals surface area contributed by atoms with Crippen LogP contribution in [0.3, 0.4) is 0 Å². The van der Waals surface area contributed by atoms with Gasteiger partial charge in [0.25, 0.3) is 5.56 Å². The normalized spacial score (nSPS) is 10.9. The molecule has 0 saturated heterocycles. The van der Waals surface area contributed by atoms with Crippen molar-refractivity contribution in [2.75, 3.05) is 11.1 Å². The Hall–Kier alpha value is -3.83. The Morgan fingerprint density at radius 2 is 1.82 bits per heavy atom. The molecule has 4 aromatic rings. The van der Waals surface area contributed by atoms with Gasteiger partial charge in [0.1, 0.15) is 11.9 Å². The van der Waals surface area contributed by atoms with Crippen LogP contribution in [0.5, 0.6) is 0 Å². The number of amides is 1. The molecule has 8 heteroatoms. The van der Waals surface area contributed by atoms with Crippen LogP contribution in [0.4, 0.5) is 5.82 Å². The van der Waals surface area contributed by atoms with Gasteiger partial charge in [0.15, 0.2) is 5.16 Å². The summed E-state index contributed by atoms with van der Waals surface area (Å²) in [6.45, 7) is 6.32. The number of nitrogens with zero attached hydrogens (tertiary/aromatic N) is 4. The lowest BCUT2D eigenvalue weighted by molar-refractivity contribution is -0.113. The Morgan fingerprint density at radius 1 is 1.12 bits per heavy atom. The van der Waals surface area contributed by atoms with Gasteiger partial charge in [0.2, 0.25) is 5.91 Å². The molecule has 1 amide bonds. The minimum absolute atomic E-state index is 0.0530. The Labute approximate surface area is 202 Å². The number of rotatable bonds is 7. The van der Waals surface area contributed by atoms with Gasteiger partial charge < -0.3 is 5.32 Å². The van der Waals surface area contributed by atoms with Crippen LogP contribution < -0.4 is 10.9 Å². The van der Waals surface area contributed by atoms with Gasteiger partial charge in [-0.15, -0.1) is 0 Å². The largest absolute Gasteiger partial charge is 0.310 e. The maximum absolute atomic E-state index is 13.0.